The molecule has 90 valence electrons. The molecule has 1 aliphatic rings. The number of ether oxygens (including phenoxy) is 2. The van der Waals surface area contributed by atoms with E-state index in [0.717, 1.165) is 0 Å². The van der Waals surface area contributed by atoms with E-state index in [9.17, 15) is 9.59 Å². The molecule has 0 aliphatic carbocycles. The van der Waals surface area contributed by atoms with E-state index in [1.54, 1.807) is 13.1 Å². The lowest BCUT2D eigenvalue weighted by atomic mass is 10.2. The predicted molar refractivity (Wildman–Crippen MR) is 57.8 cm³/mol. The lowest BCUT2D eigenvalue weighted by molar-refractivity contribution is -0.140. The minimum absolute atomic E-state index is 0.101. The van der Waals surface area contributed by atoms with E-state index in [-0.39, 0.29) is 18.0 Å². The summed E-state index contributed by atoms with van der Waals surface area (Å²) in [5.41, 5.74) is 0.101. The topological polar surface area (TPSA) is 55.8 Å². The number of Topliss-reactive ketones (excluding diaryl/α,β-unsaturated/α-hetero) is 1. The number of nitrogens with zero attached hydrogens (tertiary/aromatic N) is 1. The van der Waals surface area contributed by atoms with Gasteiger partial charge in [0.2, 0.25) is 0 Å². The molecule has 0 radical (unpaired) electrons. The van der Waals surface area contributed by atoms with Crippen LogP contribution in [0.1, 0.15) is 13.8 Å². The average molecular weight is 227 g/mol. The highest BCUT2D eigenvalue weighted by Gasteiger charge is 2.18. The quantitative estimate of drug-likeness (QED) is 0.300. The van der Waals surface area contributed by atoms with Crippen LogP contribution in [0.2, 0.25) is 0 Å². The number of carbonyl (C=O) groups is 2. The molecular formula is C11H17NO4. The van der Waals surface area contributed by atoms with Gasteiger partial charge in [0.15, 0.2) is 5.78 Å². The van der Waals surface area contributed by atoms with E-state index in [2.05, 4.69) is 0 Å². The molecule has 0 saturated carbocycles. The van der Waals surface area contributed by atoms with Crippen molar-refractivity contribution in [1.29, 1.82) is 0 Å². The Morgan fingerprint density at radius 2 is 2.00 bits per heavy atom. The van der Waals surface area contributed by atoms with Crippen molar-refractivity contribution < 1.29 is 19.1 Å². The Kier molecular flexibility index (Phi) is 4.98. The lowest BCUT2D eigenvalue weighted by Crippen LogP contribution is -2.33. The zero-order valence-corrected chi connectivity index (χ0v) is 9.69. The van der Waals surface area contributed by atoms with Gasteiger partial charge in [0, 0.05) is 19.3 Å². The molecule has 0 N–H and O–H groups in total. The fraction of sp³-hybridized carbons (Fsp3) is 0.636. The zero-order valence-electron chi connectivity index (χ0n) is 9.69. The van der Waals surface area contributed by atoms with Crippen LogP contribution in [0.5, 0.6) is 0 Å². The van der Waals surface area contributed by atoms with Crippen LogP contribution in [-0.2, 0) is 19.1 Å². The van der Waals surface area contributed by atoms with Gasteiger partial charge in [-0.2, -0.15) is 0 Å². The first-order valence-corrected chi connectivity index (χ1v) is 5.36. The number of rotatable bonds is 4. The first kappa shape index (κ1) is 12.7. The number of ketones is 1. The second-order valence-corrected chi connectivity index (χ2v) is 3.47. The Bertz CT molecular complexity index is 292. The van der Waals surface area contributed by atoms with Gasteiger partial charge >= 0.3 is 5.97 Å². The van der Waals surface area contributed by atoms with Gasteiger partial charge in [0.05, 0.1) is 19.8 Å². The number of hydrogen-bond acceptors (Lipinski definition) is 5. The summed E-state index contributed by atoms with van der Waals surface area (Å²) in [5, 5.41) is 0. The van der Waals surface area contributed by atoms with E-state index < -0.39 is 5.97 Å². The molecule has 0 bridgehead atoms. The number of carbonyl (C=O) groups excluding carboxylic acids is 2. The summed E-state index contributed by atoms with van der Waals surface area (Å²) < 4.78 is 10.00. The largest absolute Gasteiger partial charge is 0.462 e. The van der Waals surface area contributed by atoms with Crippen molar-refractivity contribution in [2.24, 2.45) is 0 Å². The summed E-state index contributed by atoms with van der Waals surface area (Å²) in [6.07, 6.45) is 1.57. The molecule has 0 aromatic heterocycles. The van der Waals surface area contributed by atoms with Crippen molar-refractivity contribution in [3.8, 4) is 0 Å². The minimum Gasteiger partial charge on any atom is -0.462 e. The maximum Gasteiger partial charge on any atom is 0.343 e. The summed E-state index contributed by atoms with van der Waals surface area (Å²) in [6.45, 7) is 5.96. The van der Waals surface area contributed by atoms with Crippen molar-refractivity contribution in [1.82, 2.24) is 4.90 Å². The number of esters is 1. The molecule has 5 heteroatoms. The first-order valence-electron chi connectivity index (χ1n) is 5.36. The molecule has 0 amide bonds. The third-order valence-electron chi connectivity index (χ3n) is 2.23. The highest BCUT2D eigenvalue weighted by Crippen LogP contribution is 2.05. The van der Waals surface area contributed by atoms with Gasteiger partial charge in [-0.1, -0.05) is 0 Å². The molecule has 0 aromatic rings. The van der Waals surface area contributed by atoms with Crippen LogP contribution in [0.4, 0.5) is 0 Å². The lowest BCUT2D eigenvalue weighted by Gasteiger charge is -2.25. The second-order valence-electron chi connectivity index (χ2n) is 3.47. The molecule has 1 heterocycles. The minimum atomic E-state index is -0.554. The van der Waals surface area contributed by atoms with Crippen molar-refractivity contribution in [2.75, 3.05) is 32.9 Å². The maximum atomic E-state index is 11.5. The molecule has 5 nitrogen and oxygen atoms in total. The van der Waals surface area contributed by atoms with E-state index in [4.69, 9.17) is 9.47 Å². The summed E-state index contributed by atoms with van der Waals surface area (Å²) in [5.74, 6) is -0.827. The average Bonchev–Trinajstić information content (AvgIpc) is 2.27. The first-order chi connectivity index (χ1) is 7.65. The van der Waals surface area contributed by atoms with Crippen LogP contribution in [0.15, 0.2) is 11.8 Å². The third kappa shape index (κ3) is 3.66. The highest BCUT2D eigenvalue weighted by molar-refractivity contribution is 6.16. The maximum absolute atomic E-state index is 11.5. The Labute approximate surface area is 95.0 Å². The van der Waals surface area contributed by atoms with Crippen LogP contribution in [-0.4, -0.2) is 49.6 Å². The fourth-order valence-electron chi connectivity index (χ4n) is 1.39. The van der Waals surface area contributed by atoms with Crippen molar-refractivity contribution in [2.45, 2.75) is 13.8 Å². The van der Waals surface area contributed by atoms with Crippen LogP contribution in [0.3, 0.4) is 0 Å². The van der Waals surface area contributed by atoms with Crippen LogP contribution in [0.25, 0.3) is 0 Å². The fourth-order valence-corrected chi connectivity index (χ4v) is 1.39. The zero-order chi connectivity index (χ0) is 12.0. The van der Waals surface area contributed by atoms with E-state index >= 15 is 0 Å². The Morgan fingerprint density at radius 1 is 1.38 bits per heavy atom. The SMILES string of the molecule is CCOC(=O)C(=CN1CCOCC1)C(C)=O. The van der Waals surface area contributed by atoms with E-state index in [0.29, 0.717) is 26.3 Å². The molecule has 1 rings (SSSR count). The molecule has 16 heavy (non-hydrogen) atoms. The predicted octanol–water partition coefficient (Wildman–Crippen LogP) is 0.355. The number of hydrogen-bond donors (Lipinski definition) is 0. The Balaban J connectivity index is 2.71. The molecule has 0 unspecified atom stereocenters. The summed E-state index contributed by atoms with van der Waals surface area (Å²) in [7, 11) is 0. The normalized spacial score (nSPS) is 17.1. The van der Waals surface area contributed by atoms with Crippen molar-refractivity contribution >= 4 is 11.8 Å². The molecule has 0 spiro atoms. The summed E-state index contributed by atoms with van der Waals surface area (Å²) >= 11 is 0. The molecule has 0 atom stereocenters. The third-order valence-corrected chi connectivity index (χ3v) is 2.23. The van der Waals surface area contributed by atoms with Crippen LogP contribution < -0.4 is 0 Å². The van der Waals surface area contributed by atoms with Gasteiger partial charge in [-0.05, 0) is 13.8 Å². The molecule has 0 aromatic carbocycles. The number of morpholine rings is 1. The van der Waals surface area contributed by atoms with Crippen molar-refractivity contribution in [3.63, 3.8) is 0 Å². The van der Waals surface area contributed by atoms with Crippen LogP contribution in [0, 0.1) is 0 Å². The van der Waals surface area contributed by atoms with Crippen molar-refractivity contribution in [3.05, 3.63) is 11.8 Å². The summed E-state index contributed by atoms with van der Waals surface area (Å²) in [4.78, 5) is 24.7. The second kappa shape index (κ2) is 6.27. The van der Waals surface area contributed by atoms with Gasteiger partial charge < -0.3 is 14.4 Å². The van der Waals surface area contributed by atoms with Gasteiger partial charge in [-0.25, -0.2) is 4.79 Å². The Morgan fingerprint density at radius 3 is 2.50 bits per heavy atom. The summed E-state index contributed by atoms with van der Waals surface area (Å²) in [6, 6.07) is 0. The molecule has 1 aliphatic heterocycles. The monoisotopic (exact) mass is 227 g/mol. The van der Waals surface area contributed by atoms with Gasteiger partial charge in [-0.3, -0.25) is 4.79 Å². The molecule has 1 saturated heterocycles. The standard InChI is InChI=1S/C11H17NO4/c1-3-16-11(14)10(9(2)13)8-12-4-6-15-7-5-12/h8H,3-7H2,1-2H3. The molecular weight excluding hydrogens is 210 g/mol. The van der Waals surface area contributed by atoms with Gasteiger partial charge in [-0.15, -0.1) is 0 Å². The van der Waals surface area contributed by atoms with Gasteiger partial charge in [0.1, 0.15) is 5.57 Å². The Hall–Kier alpha value is -1.36. The van der Waals surface area contributed by atoms with Gasteiger partial charge in [0.25, 0.3) is 0 Å². The smallest absolute Gasteiger partial charge is 0.343 e. The van der Waals surface area contributed by atoms with E-state index in [1.807, 2.05) is 4.90 Å². The van der Waals surface area contributed by atoms with E-state index in [1.165, 1.54) is 6.92 Å². The molecule has 1 fully saturated rings. The highest BCUT2D eigenvalue weighted by atomic mass is 16.5. The van der Waals surface area contributed by atoms with Crippen LogP contribution >= 0.6 is 0 Å².